The number of hydrogen-bond acceptors (Lipinski definition) is 3. The summed E-state index contributed by atoms with van der Waals surface area (Å²) in [6.07, 6.45) is 0.161. The summed E-state index contributed by atoms with van der Waals surface area (Å²) in [4.78, 5) is 14.0. The molecule has 0 fully saturated rings. The van der Waals surface area contributed by atoms with E-state index in [9.17, 15) is 4.79 Å². The summed E-state index contributed by atoms with van der Waals surface area (Å²) in [6, 6.07) is 17.7. The zero-order chi connectivity index (χ0) is 16.7. The first-order valence-electron chi connectivity index (χ1n) is 7.83. The maximum Gasteiger partial charge on any atom is 0.239 e. The number of rotatable bonds is 7. The minimum absolute atomic E-state index is 0.00106. The van der Waals surface area contributed by atoms with Crippen LogP contribution < -0.4 is 15.0 Å². The van der Waals surface area contributed by atoms with E-state index in [0.29, 0.717) is 13.1 Å². The number of nitrogens with one attached hydrogen (secondary N) is 1. The molecule has 0 atom stereocenters. The fourth-order valence-electron chi connectivity index (χ4n) is 2.20. The molecule has 0 saturated heterocycles. The van der Waals surface area contributed by atoms with Gasteiger partial charge in [0.05, 0.1) is 12.6 Å². The Balaban J connectivity index is 1.80. The van der Waals surface area contributed by atoms with Gasteiger partial charge >= 0.3 is 0 Å². The van der Waals surface area contributed by atoms with Gasteiger partial charge in [-0.25, -0.2) is 0 Å². The maximum atomic E-state index is 12.0. The molecule has 1 amide bonds. The van der Waals surface area contributed by atoms with Crippen molar-refractivity contribution in [1.82, 2.24) is 5.32 Å². The first-order valence-corrected chi connectivity index (χ1v) is 7.83. The molecule has 0 aliphatic heterocycles. The molecule has 0 heterocycles. The van der Waals surface area contributed by atoms with Crippen molar-refractivity contribution in [3.05, 3.63) is 60.2 Å². The molecule has 2 rings (SSSR count). The number of hydrogen-bond donors (Lipinski definition) is 1. The summed E-state index contributed by atoms with van der Waals surface area (Å²) in [7, 11) is 1.91. The van der Waals surface area contributed by atoms with Crippen LogP contribution >= 0.6 is 0 Å². The highest BCUT2D eigenvalue weighted by Gasteiger charge is 2.07. The Kier molecular flexibility index (Phi) is 6.03. The highest BCUT2D eigenvalue weighted by molar-refractivity contribution is 5.81. The number of nitrogens with zero attached hydrogens (tertiary/aromatic N) is 1. The van der Waals surface area contributed by atoms with E-state index in [1.165, 1.54) is 0 Å². The van der Waals surface area contributed by atoms with Crippen LogP contribution in [0.25, 0.3) is 0 Å². The molecule has 23 heavy (non-hydrogen) atoms. The van der Waals surface area contributed by atoms with E-state index in [2.05, 4.69) is 5.32 Å². The lowest BCUT2D eigenvalue weighted by Crippen LogP contribution is -2.34. The predicted octanol–water partition coefficient (Wildman–Crippen LogP) is 3.23. The van der Waals surface area contributed by atoms with Crippen LogP contribution in [0, 0.1) is 0 Å². The average Bonchev–Trinajstić information content (AvgIpc) is 2.54. The minimum Gasteiger partial charge on any atom is -0.491 e. The Morgan fingerprint density at radius 2 is 1.74 bits per heavy atom. The van der Waals surface area contributed by atoms with E-state index in [1.54, 1.807) is 0 Å². The molecule has 0 unspecified atom stereocenters. The number of carbonyl (C=O) groups is 1. The molecule has 1 N–H and O–H groups in total. The molecule has 2 aromatic rings. The van der Waals surface area contributed by atoms with E-state index in [-0.39, 0.29) is 12.0 Å². The molecule has 0 aliphatic rings. The standard InChI is InChI=1S/C19H24N2O2/c1-15(2)23-18-11-9-16(10-12-18)13-20-19(22)14-21(3)17-7-5-4-6-8-17/h4-12,15H,13-14H2,1-3H3,(H,20,22). The Morgan fingerprint density at radius 1 is 1.09 bits per heavy atom. The van der Waals surface area contributed by atoms with Gasteiger partial charge in [-0.1, -0.05) is 30.3 Å². The Hall–Kier alpha value is -2.49. The zero-order valence-corrected chi connectivity index (χ0v) is 14.0. The third-order valence-electron chi connectivity index (χ3n) is 3.36. The number of anilines is 1. The highest BCUT2D eigenvalue weighted by atomic mass is 16.5. The molecular weight excluding hydrogens is 288 g/mol. The van der Waals surface area contributed by atoms with Crippen LogP contribution in [-0.4, -0.2) is 25.6 Å². The van der Waals surface area contributed by atoms with Crippen molar-refractivity contribution in [2.75, 3.05) is 18.5 Å². The van der Waals surface area contributed by atoms with Crippen molar-refractivity contribution in [2.24, 2.45) is 0 Å². The maximum absolute atomic E-state index is 12.0. The highest BCUT2D eigenvalue weighted by Crippen LogP contribution is 2.14. The van der Waals surface area contributed by atoms with Crippen LogP contribution in [0.3, 0.4) is 0 Å². The van der Waals surface area contributed by atoms with Crippen molar-refractivity contribution < 1.29 is 9.53 Å². The number of amides is 1. The summed E-state index contributed by atoms with van der Waals surface area (Å²) in [5.74, 6) is 0.845. The third-order valence-corrected chi connectivity index (χ3v) is 3.36. The lowest BCUT2D eigenvalue weighted by molar-refractivity contribution is -0.119. The van der Waals surface area contributed by atoms with Gasteiger partial charge in [0.25, 0.3) is 0 Å². The van der Waals surface area contributed by atoms with Crippen LogP contribution in [-0.2, 0) is 11.3 Å². The number of ether oxygens (including phenoxy) is 1. The summed E-state index contributed by atoms with van der Waals surface area (Å²) in [5, 5.41) is 2.94. The van der Waals surface area contributed by atoms with E-state index >= 15 is 0 Å². The molecule has 0 radical (unpaired) electrons. The molecule has 4 heteroatoms. The topological polar surface area (TPSA) is 41.6 Å². The quantitative estimate of drug-likeness (QED) is 0.853. The molecule has 0 aliphatic carbocycles. The van der Waals surface area contributed by atoms with Crippen molar-refractivity contribution in [3.8, 4) is 5.75 Å². The Labute approximate surface area is 138 Å². The minimum atomic E-state index is -0.00106. The normalized spacial score (nSPS) is 10.4. The van der Waals surface area contributed by atoms with Crippen LogP contribution in [0.5, 0.6) is 5.75 Å². The zero-order valence-electron chi connectivity index (χ0n) is 14.0. The van der Waals surface area contributed by atoms with Crippen LogP contribution in [0.2, 0.25) is 0 Å². The van der Waals surface area contributed by atoms with Crippen molar-refractivity contribution in [1.29, 1.82) is 0 Å². The van der Waals surface area contributed by atoms with Crippen molar-refractivity contribution in [3.63, 3.8) is 0 Å². The van der Waals surface area contributed by atoms with E-state index in [0.717, 1.165) is 17.0 Å². The number of para-hydroxylation sites is 1. The molecular formula is C19H24N2O2. The lowest BCUT2D eigenvalue weighted by atomic mass is 10.2. The second-order valence-electron chi connectivity index (χ2n) is 5.78. The van der Waals surface area contributed by atoms with Gasteiger partial charge in [-0.15, -0.1) is 0 Å². The van der Waals surface area contributed by atoms with Gasteiger partial charge in [-0.2, -0.15) is 0 Å². The second-order valence-corrected chi connectivity index (χ2v) is 5.78. The van der Waals surface area contributed by atoms with Gasteiger partial charge < -0.3 is 15.0 Å². The van der Waals surface area contributed by atoms with Gasteiger partial charge in [0, 0.05) is 19.3 Å². The first kappa shape index (κ1) is 16.9. The monoisotopic (exact) mass is 312 g/mol. The fraction of sp³-hybridized carbons (Fsp3) is 0.316. The first-order chi connectivity index (χ1) is 11.0. The second kappa shape index (κ2) is 8.22. The largest absolute Gasteiger partial charge is 0.491 e. The Morgan fingerprint density at radius 3 is 2.35 bits per heavy atom. The third kappa shape index (κ3) is 5.66. The summed E-state index contributed by atoms with van der Waals surface area (Å²) >= 11 is 0. The Bertz CT molecular complexity index is 609. The van der Waals surface area contributed by atoms with Crippen molar-refractivity contribution >= 4 is 11.6 Å². The molecule has 0 bridgehead atoms. The van der Waals surface area contributed by atoms with Gasteiger partial charge in [0.15, 0.2) is 0 Å². The van der Waals surface area contributed by atoms with E-state index in [1.807, 2.05) is 80.4 Å². The molecule has 0 saturated carbocycles. The molecule has 122 valence electrons. The van der Waals surface area contributed by atoms with Crippen LogP contribution in [0.1, 0.15) is 19.4 Å². The van der Waals surface area contributed by atoms with Gasteiger partial charge in [0.1, 0.15) is 5.75 Å². The molecule has 4 nitrogen and oxygen atoms in total. The van der Waals surface area contributed by atoms with Gasteiger partial charge in [-0.3, -0.25) is 4.79 Å². The predicted molar refractivity (Wildman–Crippen MR) is 93.8 cm³/mol. The summed E-state index contributed by atoms with van der Waals surface area (Å²) < 4.78 is 5.60. The van der Waals surface area contributed by atoms with Gasteiger partial charge in [0.2, 0.25) is 5.91 Å². The molecule has 2 aromatic carbocycles. The average molecular weight is 312 g/mol. The summed E-state index contributed by atoms with van der Waals surface area (Å²) in [6.45, 7) is 4.84. The van der Waals surface area contributed by atoms with Crippen LogP contribution in [0.15, 0.2) is 54.6 Å². The molecule has 0 aromatic heterocycles. The number of likely N-dealkylation sites (N-methyl/N-ethyl adjacent to an activating group) is 1. The molecule has 0 spiro atoms. The SMILES string of the molecule is CC(C)Oc1ccc(CNC(=O)CN(C)c2ccccc2)cc1. The fourth-order valence-corrected chi connectivity index (χ4v) is 2.20. The van der Waals surface area contributed by atoms with Crippen LogP contribution in [0.4, 0.5) is 5.69 Å². The van der Waals surface area contributed by atoms with Crippen molar-refractivity contribution in [2.45, 2.75) is 26.5 Å². The number of benzene rings is 2. The lowest BCUT2D eigenvalue weighted by Gasteiger charge is -2.18. The number of carbonyl (C=O) groups excluding carboxylic acids is 1. The summed E-state index contributed by atoms with van der Waals surface area (Å²) in [5.41, 5.74) is 2.08. The van der Waals surface area contributed by atoms with Gasteiger partial charge in [-0.05, 0) is 43.7 Å². The smallest absolute Gasteiger partial charge is 0.239 e. The van der Waals surface area contributed by atoms with E-state index in [4.69, 9.17) is 4.74 Å². The van der Waals surface area contributed by atoms with E-state index < -0.39 is 0 Å².